The molecule has 3 heteroatoms. The van der Waals surface area contributed by atoms with Crippen molar-refractivity contribution in [3.05, 3.63) is 0 Å². The van der Waals surface area contributed by atoms with E-state index in [9.17, 15) is 5.11 Å². The number of hydrogen-bond donors (Lipinski definition) is 1. The van der Waals surface area contributed by atoms with Crippen LogP contribution in [0.25, 0.3) is 0 Å². The third kappa shape index (κ3) is 21.8. The first kappa shape index (κ1) is 24.9. The van der Waals surface area contributed by atoms with Crippen molar-refractivity contribution in [1.82, 2.24) is 9.80 Å². The van der Waals surface area contributed by atoms with E-state index in [-0.39, 0.29) is 6.10 Å². The third-order valence-corrected chi connectivity index (χ3v) is 4.97. The Morgan fingerprint density at radius 1 is 0.560 bits per heavy atom. The SMILES string of the molecule is CC(O)CN(C)CCCCCCCCCCCCCCCCN(C)C. The van der Waals surface area contributed by atoms with Gasteiger partial charge in [-0.25, -0.2) is 0 Å². The summed E-state index contributed by atoms with van der Waals surface area (Å²) in [6.45, 7) is 5.04. The Kier molecular flexibility index (Phi) is 18.6. The molecule has 0 saturated heterocycles. The van der Waals surface area contributed by atoms with Gasteiger partial charge in [0.25, 0.3) is 0 Å². The standard InChI is InChI=1S/C22H48N2O/c1-22(25)21-24(4)20-18-16-14-12-10-8-6-5-7-9-11-13-15-17-19-23(2)3/h22,25H,5-21H2,1-4H3. The summed E-state index contributed by atoms with van der Waals surface area (Å²) < 4.78 is 0. The number of aliphatic hydroxyl groups is 1. The van der Waals surface area contributed by atoms with Crippen LogP contribution in [-0.4, -0.2) is 61.8 Å². The van der Waals surface area contributed by atoms with E-state index in [4.69, 9.17) is 0 Å². The van der Waals surface area contributed by atoms with Crippen LogP contribution in [0.4, 0.5) is 0 Å². The fourth-order valence-corrected chi connectivity index (χ4v) is 3.47. The van der Waals surface area contributed by atoms with Crippen LogP contribution in [0.5, 0.6) is 0 Å². The maximum Gasteiger partial charge on any atom is 0.0638 e. The number of nitrogens with zero attached hydrogens (tertiary/aromatic N) is 2. The van der Waals surface area contributed by atoms with Crippen molar-refractivity contribution in [1.29, 1.82) is 0 Å². The van der Waals surface area contributed by atoms with E-state index >= 15 is 0 Å². The molecule has 0 aliphatic carbocycles. The summed E-state index contributed by atoms with van der Waals surface area (Å²) >= 11 is 0. The van der Waals surface area contributed by atoms with Crippen molar-refractivity contribution in [2.75, 3.05) is 40.8 Å². The topological polar surface area (TPSA) is 26.7 Å². The average molecular weight is 357 g/mol. The van der Waals surface area contributed by atoms with Crippen molar-refractivity contribution in [2.24, 2.45) is 0 Å². The van der Waals surface area contributed by atoms with E-state index in [0.29, 0.717) is 0 Å². The number of likely N-dealkylation sites (N-methyl/N-ethyl adjacent to an activating group) is 1. The Balaban J connectivity index is 3.07. The average Bonchev–Trinajstić information content (AvgIpc) is 2.53. The second kappa shape index (κ2) is 18.7. The maximum absolute atomic E-state index is 9.32. The normalized spacial score (nSPS) is 13.1. The van der Waals surface area contributed by atoms with E-state index < -0.39 is 0 Å². The highest BCUT2D eigenvalue weighted by atomic mass is 16.3. The molecule has 0 radical (unpaired) electrons. The summed E-state index contributed by atoms with van der Waals surface area (Å²) in [4.78, 5) is 4.53. The van der Waals surface area contributed by atoms with Gasteiger partial charge in [-0.05, 0) is 54.0 Å². The molecule has 0 heterocycles. The van der Waals surface area contributed by atoms with Crippen LogP contribution < -0.4 is 0 Å². The minimum absolute atomic E-state index is 0.201. The number of aliphatic hydroxyl groups excluding tert-OH is 1. The summed E-state index contributed by atoms with van der Waals surface area (Å²) in [6, 6.07) is 0. The Labute approximate surface area is 159 Å². The third-order valence-electron chi connectivity index (χ3n) is 4.97. The van der Waals surface area contributed by atoms with Crippen LogP contribution >= 0.6 is 0 Å². The van der Waals surface area contributed by atoms with Gasteiger partial charge in [-0.2, -0.15) is 0 Å². The molecule has 0 amide bonds. The second-order valence-corrected chi connectivity index (χ2v) is 8.36. The minimum atomic E-state index is -0.201. The van der Waals surface area contributed by atoms with Crippen molar-refractivity contribution in [3.8, 4) is 0 Å². The van der Waals surface area contributed by atoms with Crippen molar-refractivity contribution >= 4 is 0 Å². The molecule has 0 rings (SSSR count). The largest absolute Gasteiger partial charge is 0.392 e. The van der Waals surface area contributed by atoms with E-state index in [0.717, 1.165) is 13.1 Å². The summed E-state index contributed by atoms with van der Waals surface area (Å²) in [6.07, 6.45) is 19.5. The molecule has 3 nitrogen and oxygen atoms in total. The lowest BCUT2D eigenvalue weighted by atomic mass is 10.0. The number of rotatable bonds is 19. The molecule has 0 bridgehead atoms. The quantitative estimate of drug-likeness (QED) is 0.317. The van der Waals surface area contributed by atoms with Gasteiger partial charge >= 0.3 is 0 Å². The minimum Gasteiger partial charge on any atom is -0.392 e. The number of unbranched alkanes of at least 4 members (excludes halogenated alkanes) is 13. The van der Waals surface area contributed by atoms with Gasteiger partial charge in [-0.1, -0.05) is 77.0 Å². The Bertz CT molecular complexity index is 256. The van der Waals surface area contributed by atoms with Crippen LogP contribution in [0.2, 0.25) is 0 Å². The van der Waals surface area contributed by atoms with Crippen LogP contribution in [0.3, 0.4) is 0 Å². The molecule has 1 N–H and O–H groups in total. The zero-order chi connectivity index (χ0) is 18.8. The van der Waals surface area contributed by atoms with Gasteiger partial charge in [0.05, 0.1) is 6.10 Å². The summed E-state index contributed by atoms with van der Waals surface area (Å²) in [5, 5.41) is 9.32. The van der Waals surface area contributed by atoms with Gasteiger partial charge in [0.15, 0.2) is 0 Å². The summed E-state index contributed by atoms with van der Waals surface area (Å²) in [7, 11) is 6.44. The molecule has 1 unspecified atom stereocenters. The van der Waals surface area contributed by atoms with Crippen molar-refractivity contribution < 1.29 is 5.11 Å². The molecule has 0 fully saturated rings. The number of hydrogen-bond acceptors (Lipinski definition) is 3. The van der Waals surface area contributed by atoms with Gasteiger partial charge in [-0.3, -0.25) is 0 Å². The second-order valence-electron chi connectivity index (χ2n) is 8.36. The van der Waals surface area contributed by atoms with Gasteiger partial charge in [0.2, 0.25) is 0 Å². The molecule has 0 saturated carbocycles. The van der Waals surface area contributed by atoms with Crippen LogP contribution in [0, 0.1) is 0 Å². The monoisotopic (exact) mass is 356 g/mol. The zero-order valence-electron chi connectivity index (χ0n) is 17.9. The van der Waals surface area contributed by atoms with Crippen LogP contribution in [-0.2, 0) is 0 Å². The van der Waals surface area contributed by atoms with Crippen LogP contribution in [0.15, 0.2) is 0 Å². The molecule has 152 valence electrons. The molecular formula is C22H48N2O. The molecule has 0 aliphatic rings. The molecule has 1 atom stereocenters. The predicted molar refractivity (Wildman–Crippen MR) is 112 cm³/mol. The molecule has 25 heavy (non-hydrogen) atoms. The summed E-state index contributed by atoms with van der Waals surface area (Å²) in [5.74, 6) is 0. The van der Waals surface area contributed by atoms with Crippen LogP contribution in [0.1, 0.15) is 96.8 Å². The Morgan fingerprint density at radius 3 is 1.20 bits per heavy atom. The fourth-order valence-electron chi connectivity index (χ4n) is 3.47. The molecule has 0 aliphatic heterocycles. The molecule has 0 aromatic heterocycles. The molecule has 0 aromatic carbocycles. The summed E-state index contributed by atoms with van der Waals surface area (Å²) in [5.41, 5.74) is 0. The Hall–Kier alpha value is -0.120. The van der Waals surface area contributed by atoms with Gasteiger partial charge in [0, 0.05) is 6.54 Å². The zero-order valence-corrected chi connectivity index (χ0v) is 17.9. The van der Waals surface area contributed by atoms with Gasteiger partial charge in [-0.15, -0.1) is 0 Å². The first-order chi connectivity index (χ1) is 12.0. The van der Waals surface area contributed by atoms with E-state index in [1.54, 1.807) is 0 Å². The maximum atomic E-state index is 9.32. The van der Waals surface area contributed by atoms with E-state index in [1.807, 2.05) is 6.92 Å². The van der Waals surface area contributed by atoms with E-state index in [1.165, 1.54) is 96.4 Å². The molecular weight excluding hydrogens is 308 g/mol. The first-order valence-electron chi connectivity index (χ1n) is 11.0. The lowest BCUT2D eigenvalue weighted by Gasteiger charge is -2.17. The lowest BCUT2D eigenvalue weighted by Crippen LogP contribution is -2.28. The highest BCUT2D eigenvalue weighted by Crippen LogP contribution is 2.13. The van der Waals surface area contributed by atoms with Gasteiger partial charge in [0.1, 0.15) is 0 Å². The predicted octanol–water partition coefficient (Wildman–Crippen LogP) is 5.32. The highest BCUT2D eigenvalue weighted by molar-refractivity contribution is 4.57. The highest BCUT2D eigenvalue weighted by Gasteiger charge is 2.02. The first-order valence-corrected chi connectivity index (χ1v) is 11.0. The Morgan fingerprint density at radius 2 is 0.880 bits per heavy atom. The fraction of sp³-hybridized carbons (Fsp3) is 1.00. The van der Waals surface area contributed by atoms with E-state index in [2.05, 4.69) is 30.9 Å². The molecule has 0 aromatic rings. The smallest absolute Gasteiger partial charge is 0.0638 e. The van der Waals surface area contributed by atoms with Crippen molar-refractivity contribution in [3.63, 3.8) is 0 Å². The van der Waals surface area contributed by atoms with Gasteiger partial charge < -0.3 is 14.9 Å². The van der Waals surface area contributed by atoms with Crippen molar-refractivity contribution in [2.45, 2.75) is 103 Å². The molecule has 0 spiro atoms. The lowest BCUT2D eigenvalue weighted by molar-refractivity contribution is 0.140.